The molecular weight excluding hydrogens is 340 g/mol. The first kappa shape index (κ1) is 17.5. The van der Waals surface area contributed by atoms with Crippen LogP contribution in [0.2, 0.25) is 0 Å². The summed E-state index contributed by atoms with van der Waals surface area (Å²) < 4.78 is 7.47. The maximum absolute atomic E-state index is 12.8. The summed E-state index contributed by atoms with van der Waals surface area (Å²) in [5, 5.41) is 8.25. The Kier molecular flexibility index (Phi) is 4.56. The number of nitrogens with one attached hydrogen (secondary N) is 1. The molecule has 27 heavy (non-hydrogen) atoms. The normalized spacial score (nSPS) is 13.7. The summed E-state index contributed by atoms with van der Waals surface area (Å²) in [6, 6.07) is 9.82. The number of benzene rings is 1. The summed E-state index contributed by atoms with van der Waals surface area (Å²) in [5.41, 5.74) is 4.40. The molecule has 1 N–H and O–H groups in total. The molecule has 1 aromatic carbocycles. The third kappa shape index (κ3) is 3.65. The molecule has 1 fully saturated rings. The highest BCUT2D eigenvalue weighted by Crippen LogP contribution is 2.40. The third-order valence-electron chi connectivity index (χ3n) is 4.87. The van der Waals surface area contributed by atoms with E-state index in [2.05, 4.69) is 10.4 Å². The van der Waals surface area contributed by atoms with Crippen LogP contribution in [0.1, 0.15) is 46.1 Å². The van der Waals surface area contributed by atoms with Crippen LogP contribution in [0.4, 0.5) is 0 Å². The van der Waals surface area contributed by atoms with Gasteiger partial charge in [-0.1, -0.05) is 12.1 Å². The van der Waals surface area contributed by atoms with Crippen molar-refractivity contribution in [2.75, 3.05) is 13.2 Å². The zero-order chi connectivity index (χ0) is 19.0. The van der Waals surface area contributed by atoms with Crippen LogP contribution in [0.5, 0.6) is 5.75 Å². The number of hydrogen-bond donors (Lipinski definition) is 1. The van der Waals surface area contributed by atoms with Crippen LogP contribution in [-0.2, 0) is 7.05 Å². The van der Waals surface area contributed by atoms with Crippen LogP contribution >= 0.6 is 0 Å². The predicted molar refractivity (Wildman–Crippen MR) is 104 cm³/mol. The fourth-order valence-corrected chi connectivity index (χ4v) is 3.37. The van der Waals surface area contributed by atoms with Gasteiger partial charge in [0.2, 0.25) is 0 Å². The summed E-state index contributed by atoms with van der Waals surface area (Å²) in [7, 11) is 1.87. The molecule has 1 saturated carbocycles. The molecule has 0 aliphatic heterocycles. The largest absolute Gasteiger partial charge is 0.492 e. The molecule has 1 aliphatic carbocycles. The van der Waals surface area contributed by atoms with E-state index in [-0.39, 0.29) is 5.91 Å². The molecule has 0 saturated heterocycles. The Balaban J connectivity index is 1.48. The lowest BCUT2D eigenvalue weighted by atomic mass is 10.1. The fraction of sp³-hybridized carbons (Fsp3) is 0.381. The molecule has 0 unspecified atom stereocenters. The van der Waals surface area contributed by atoms with Crippen LogP contribution in [0.25, 0.3) is 11.0 Å². The molecule has 6 heteroatoms. The van der Waals surface area contributed by atoms with Gasteiger partial charge in [-0.2, -0.15) is 5.10 Å². The van der Waals surface area contributed by atoms with Gasteiger partial charge in [0.25, 0.3) is 5.91 Å². The molecule has 0 atom stereocenters. The van der Waals surface area contributed by atoms with E-state index in [4.69, 9.17) is 9.72 Å². The predicted octanol–water partition coefficient (Wildman–Crippen LogP) is 3.27. The SMILES string of the molecule is Cc1cccc(OCCNC(=O)c2cc(C3CC3)nc3c2c(C)nn3C)c1. The highest BCUT2D eigenvalue weighted by Gasteiger charge is 2.28. The van der Waals surface area contributed by atoms with Gasteiger partial charge >= 0.3 is 0 Å². The summed E-state index contributed by atoms with van der Waals surface area (Å²) >= 11 is 0. The smallest absolute Gasteiger partial charge is 0.252 e. The number of ether oxygens (including phenoxy) is 1. The van der Waals surface area contributed by atoms with Crippen molar-refractivity contribution in [1.82, 2.24) is 20.1 Å². The second-order valence-corrected chi connectivity index (χ2v) is 7.20. The highest BCUT2D eigenvalue weighted by atomic mass is 16.5. The number of aryl methyl sites for hydroxylation is 3. The fourth-order valence-electron chi connectivity index (χ4n) is 3.37. The number of pyridine rings is 1. The van der Waals surface area contributed by atoms with Crippen molar-refractivity contribution >= 4 is 16.9 Å². The average Bonchev–Trinajstić information content (AvgIpc) is 3.45. The Labute approximate surface area is 158 Å². The summed E-state index contributed by atoms with van der Waals surface area (Å²) in [5.74, 6) is 1.18. The zero-order valence-corrected chi connectivity index (χ0v) is 16.0. The van der Waals surface area contributed by atoms with E-state index in [9.17, 15) is 4.79 Å². The van der Waals surface area contributed by atoms with E-state index < -0.39 is 0 Å². The maximum atomic E-state index is 12.8. The van der Waals surface area contributed by atoms with Crippen molar-refractivity contribution in [2.45, 2.75) is 32.6 Å². The Bertz CT molecular complexity index is 1000. The molecular formula is C21H24N4O2. The summed E-state index contributed by atoms with van der Waals surface area (Å²) in [4.78, 5) is 17.6. The third-order valence-corrected chi connectivity index (χ3v) is 4.87. The first-order chi connectivity index (χ1) is 13.0. The van der Waals surface area contributed by atoms with E-state index in [0.717, 1.165) is 46.6 Å². The minimum absolute atomic E-state index is 0.103. The molecule has 140 valence electrons. The van der Waals surface area contributed by atoms with Gasteiger partial charge in [-0.05, 0) is 50.5 Å². The molecule has 2 heterocycles. The number of carbonyl (C=O) groups excluding carboxylic acids is 1. The number of rotatable bonds is 6. The monoisotopic (exact) mass is 364 g/mol. The Morgan fingerprint density at radius 3 is 2.85 bits per heavy atom. The van der Waals surface area contributed by atoms with Crippen molar-refractivity contribution in [3.8, 4) is 5.75 Å². The molecule has 6 nitrogen and oxygen atoms in total. The molecule has 1 aliphatic rings. The highest BCUT2D eigenvalue weighted by molar-refractivity contribution is 6.06. The number of hydrogen-bond acceptors (Lipinski definition) is 4. The van der Waals surface area contributed by atoms with Gasteiger partial charge in [0.1, 0.15) is 12.4 Å². The number of amides is 1. The lowest BCUT2D eigenvalue weighted by Gasteiger charge is -2.10. The lowest BCUT2D eigenvalue weighted by molar-refractivity contribution is 0.0948. The van der Waals surface area contributed by atoms with Gasteiger partial charge in [-0.25, -0.2) is 4.98 Å². The number of nitrogens with zero attached hydrogens (tertiary/aromatic N) is 3. The second-order valence-electron chi connectivity index (χ2n) is 7.20. The van der Waals surface area contributed by atoms with Crippen molar-refractivity contribution in [2.24, 2.45) is 7.05 Å². The minimum atomic E-state index is -0.103. The van der Waals surface area contributed by atoms with Gasteiger partial charge in [-0.15, -0.1) is 0 Å². The van der Waals surface area contributed by atoms with E-state index in [0.29, 0.717) is 24.6 Å². The van der Waals surface area contributed by atoms with Crippen molar-refractivity contribution in [3.63, 3.8) is 0 Å². The Morgan fingerprint density at radius 2 is 2.11 bits per heavy atom. The minimum Gasteiger partial charge on any atom is -0.492 e. The lowest BCUT2D eigenvalue weighted by Crippen LogP contribution is -2.28. The van der Waals surface area contributed by atoms with E-state index in [1.807, 2.05) is 51.2 Å². The molecule has 2 aromatic heterocycles. The quantitative estimate of drug-likeness (QED) is 0.682. The molecule has 0 radical (unpaired) electrons. The number of carbonyl (C=O) groups is 1. The van der Waals surface area contributed by atoms with Crippen LogP contribution in [0.3, 0.4) is 0 Å². The molecule has 4 rings (SSSR count). The van der Waals surface area contributed by atoms with Crippen molar-refractivity contribution in [3.05, 3.63) is 52.8 Å². The molecule has 0 bridgehead atoms. The average molecular weight is 364 g/mol. The van der Waals surface area contributed by atoms with Gasteiger partial charge < -0.3 is 10.1 Å². The number of fused-ring (bicyclic) bond motifs is 1. The first-order valence-electron chi connectivity index (χ1n) is 9.35. The van der Waals surface area contributed by atoms with Gasteiger partial charge in [0.05, 0.1) is 23.2 Å². The van der Waals surface area contributed by atoms with E-state index in [1.54, 1.807) is 4.68 Å². The van der Waals surface area contributed by atoms with Crippen LogP contribution in [0, 0.1) is 13.8 Å². The Hall–Kier alpha value is -2.89. The van der Waals surface area contributed by atoms with Gasteiger partial charge in [0, 0.05) is 18.7 Å². The van der Waals surface area contributed by atoms with Crippen molar-refractivity contribution in [1.29, 1.82) is 0 Å². The first-order valence-corrected chi connectivity index (χ1v) is 9.35. The van der Waals surface area contributed by atoms with Crippen LogP contribution in [-0.4, -0.2) is 33.8 Å². The topological polar surface area (TPSA) is 69.0 Å². The Morgan fingerprint density at radius 1 is 1.30 bits per heavy atom. The van der Waals surface area contributed by atoms with Gasteiger partial charge in [-0.3, -0.25) is 9.48 Å². The van der Waals surface area contributed by atoms with E-state index in [1.165, 1.54) is 0 Å². The van der Waals surface area contributed by atoms with E-state index >= 15 is 0 Å². The summed E-state index contributed by atoms with van der Waals surface area (Å²) in [6.07, 6.45) is 2.28. The second kappa shape index (κ2) is 7.02. The molecule has 1 amide bonds. The zero-order valence-electron chi connectivity index (χ0n) is 16.0. The van der Waals surface area contributed by atoms with Gasteiger partial charge in [0.15, 0.2) is 5.65 Å². The van der Waals surface area contributed by atoms with Crippen LogP contribution < -0.4 is 10.1 Å². The number of aromatic nitrogens is 3. The van der Waals surface area contributed by atoms with Crippen molar-refractivity contribution < 1.29 is 9.53 Å². The molecule has 0 spiro atoms. The van der Waals surface area contributed by atoms with Crippen LogP contribution in [0.15, 0.2) is 30.3 Å². The molecule has 3 aromatic rings. The standard InChI is InChI=1S/C21H24N4O2/c1-13-5-4-6-16(11-13)27-10-9-22-21(26)17-12-18(15-7-8-15)23-20-19(17)14(2)24-25(20)3/h4-6,11-12,15H,7-10H2,1-3H3,(H,22,26). The maximum Gasteiger partial charge on any atom is 0.252 e. The summed E-state index contributed by atoms with van der Waals surface area (Å²) in [6.45, 7) is 4.80.